The zero-order valence-corrected chi connectivity index (χ0v) is 7.08. The van der Waals surface area contributed by atoms with Crippen molar-refractivity contribution < 1.29 is 19.0 Å². The van der Waals surface area contributed by atoms with Gasteiger partial charge >= 0.3 is 5.97 Å². The SMILES string of the molecule is Cc1ccc(OCC(=O)O)cc1F. The van der Waals surface area contributed by atoms with E-state index in [-0.39, 0.29) is 5.75 Å². The third kappa shape index (κ3) is 2.74. The molecular weight excluding hydrogens is 175 g/mol. The van der Waals surface area contributed by atoms with Crippen LogP contribution in [0.1, 0.15) is 5.56 Å². The second-order valence-corrected chi connectivity index (χ2v) is 2.59. The van der Waals surface area contributed by atoms with E-state index in [2.05, 4.69) is 0 Å². The summed E-state index contributed by atoms with van der Waals surface area (Å²) in [4.78, 5) is 10.1. The Morgan fingerprint density at radius 2 is 2.31 bits per heavy atom. The highest BCUT2D eigenvalue weighted by Crippen LogP contribution is 2.15. The molecule has 0 spiro atoms. The van der Waals surface area contributed by atoms with Gasteiger partial charge in [0.15, 0.2) is 6.61 Å². The van der Waals surface area contributed by atoms with Crippen LogP contribution >= 0.6 is 0 Å². The van der Waals surface area contributed by atoms with E-state index in [1.807, 2.05) is 0 Å². The highest BCUT2D eigenvalue weighted by Gasteiger charge is 2.02. The first-order valence-corrected chi connectivity index (χ1v) is 3.70. The average molecular weight is 184 g/mol. The summed E-state index contributed by atoms with van der Waals surface area (Å²) in [5, 5.41) is 8.28. The first kappa shape index (κ1) is 9.51. The van der Waals surface area contributed by atoms with Gasteiger partial charge in [-0.2, -0.15) is 0 Å². The minimum absolute atomic E-state index is 0.227. The molecule has 0 aliphatic rings. The van der Waals surface area contributed by atoms with Gasteiger partial charge in [0.25, 0.3) is 0 Å². The number of carboxylic acid groups (broad SMARTS) is 1. The van der Waals surface area contributed by atoms with Crippen molar-refractivity contribution in [3.63, 3.8) is 0 Å². The molecule has 1 aromatic carbocycles. The maximum Gasteiger partial charge on any atom is 0.341 e. The normalized spacial score (nSPS) is 9.69. The van der Waals surface area contributed by atoms with E-state index in [0.29, 0.717) is 5.56 Å². The molecule has 0 bridgehead atoms. The van der Waals surface area contributed by atoms with Crippen LogP contribution in [0.4, 0.5) is 4.39 Å². The topological polar surface area (TPSA) is 46.5 Å². The molecule has 1 aromatic rings. The maximum absolute atomic E-state index is 12.9. The molecule has 0 fully saturated rings. The van der Waals surface area contributed by atoms with Crippen molar-refractivity contribution in [3.8, 4) is 5.75 Å². The Bertz CT molecular complexity index is 323. The molecule has 0 saturated carbocycles. The fourth-order valence-corrected chi connectivity index (χ4v) is 0.808. The highest BCUT2D eigenvalue weighted by molar-refractivity contribution is 5.68. The molecule has 3 nitrogen and oxygen atoms in total. The van der Waals surface area contributed by atoms with E-state index in [1.165, 1.54) is 12.1 Å². The average Bonchev–Trinajstić information content (AvgIpc) is 2.07. The molecule has 13 heavy (non-hydrogen) atoms. The molecule has 1 N–H and O–H groups in total. The molecule has 0 aromatic heterocycles. The fraction of sp³-hybridized carbons (Fsp3) is 0.222. The number of rotatable bonds is 3. The van der Waals surface area contributed by atoms with Crippen molar-refractivity contribution in [2.75, 3.05) is 6.61 Å². The van der Waals surface area contributed by atoms with Crippen molar-refractivity contribution in [2.45, 2.75) is 6.92 Å². The monoisotopic (exact) mass is 184 g/mol. The summed E-state index contributed by atoms with van der Waals surface area (Å²) in [6.07, 6.45) is 0. The molecule has 0 heterocycles. The van der Waals surface area contributed by atoms with Gasteiger partial charge in [0.05, 0.1) is 0 Å². The van der Waals surface area contributed by atoms with Crippen LogP contribution in [-0.4, -0.2) is 17.7 Å². The van der Waals surface area contributed by atoms with Crippen molar-refractivity contribution in [1.82, 2.24) is 0 Å². The van der Waals surface area contributed by atoms with Crippen LogP contribution in [0.25, 0.3) is 0 Å². The minimum Gasteiger partial charge on any atom is -0.482 e. The number of ether oxygens (including phenoxy) is 1. The van der Waals surface area contributed by atoms with Crippen LogP contribution < -0.4 is 4.74 Å². The lowest BCUT2D eigenvalue weighted by Gasteiger charge is -2.03. The summed E-state index contributed by atoms with van der Waals surface area (Å²) < 4.78 is 17.6. The van der Waals surface area contributed by atoms with Crippen molar-refractivity contribution in [2.24, 2.45) is 0 Å². The number of carbonyl (C=O) groups is 1. The summed E-state index contributed by atoms with van der Waals surface area (Å²) in [6.45, 7) is 1.17. The predicted octanol–water partition coefficient (Wildman–Crippen LogP) is 1.60. The van der Waals surface area contributed by atoms with Crippen LogP contribution in [-0.2, 0) is 4.79 Å². The van der Waals surface area contributed by atoms with Gasteiger partial charge in [0.1, 0.15) is 11.6 Å². The Labute approximate surface area is 74.8 Å². The van der Waals surface area contributed by atoms with Gasteiger partial charge in [0, 0.05) is 6.07 Å². The Morgan fingerprint density at radius 3 is 2.85 bits per heavy atom. The van der Waals surface area contributed by atoms with Gasteiger partial charge in [-0.1, -0.05) is 6.07 Å². The van der Waals surface area contributed by atoms with E-state index >= 15 is 0 Å². The zero-order valence-electron chi connectivity index (χ0n) is 7.08. The molecule has 0 saturated heterocycles. The van der Waals surface area contributed by atoms with E-state index < -0.39 is 18.4 Å². The third-order valence-corrected chi connectivity index (χ3v) is 1.51. The van der Waals surface area contributed by atoms with E-state index in [9.17, 15) is 9.18 Å². The molecule has 1 rings (SSSR count). The van der Waals surface area contributed by atoms with Gasteiger partial charge in [-0.3, -0.25) is 0 Å². The lowest BCUT2D eigenvalue weighted by atomic mass is 10.2. The predicted molar refractivity (Wildman–Crippen MR) is 44.3 cm³/mol. The zero-order chi connectivity index (χ0) is 9.84. The standard InChI is InChI=1S/C9H9FO3/c1-6-2-3-7(4-8(6)10)13-5-9(11)12/h2-4H,5H2,1H3,(H,11,12). The number of benzene rings is 1. The summed E-state index contributed by atoms with van der Waals surface area (Å²) in [5.74, 6) is -1.26. The third-order valence-electron chi connectivity index (χ3n) is 1.51. The number of aliphatic carboxylic acids is 1. The summed E-state index contributed by atoms with van der Waals surface area (Å²) in [7, 11) is 0. The number of halogens is 1. The summed E-state index contributed by atoms with van der Waals surface area (Å²) in [5.41, 5.74) is 0.502. The molecular formula is C9H9FO3. The Hall–Kier alpha value is -1.58. The molecule has 0 aliphatic carbocycles. The van der Waals surface area contributed by atoms with Crippen LogP contribution in [0.3, 0.4) is 0 Å². The largest absolute Gasteiger partial charge is 0.482 e. The summed E-state index contributed by atoms with van der Waals surface area (Å²) in [6, 6.07) is 4.23. The van der Waals surface area contributed by atoms with Crippen molar-refractivity contribution in [3.05, 3.63) is 29.6 Å². The molecule has 0 atom stereocenters. The molecule has 0 unspecified atom stereocenters. The van der Waals surface area contributed by atoms with Gasteiger partial charge in [-0.25, -0.2) is 9.18 Å². The fourth-order valence-electron chi connectivity index (χ4n) is 0.808. The Morgan fingerprint density at radius 1 is 1.62 bits per heavy atom. The van der Waals surface area contributed by atoms with E-state index in [1.54, 1.807) is 6.92 Å². The van der Waals surface area contributed by atoms with Crippen LogP contribution in [0.5, 0.6) is 5.75 Å². The van der Waals surface area contributed by atoms with E-state index in [0.717, 1.165) is 6.07 Å². The van der Waals surface area contributed by atoms with Crippen LogP contribution in [0, 0.1) is 12.7 Å². The van der Waals surface area contributed by atoms with Gasteiger partial charge in [-0.15, -0.1) is 0 Å². The van der Waals surface area contributed by atoms with Gasteiger partial charge in [0.2, 0.25) is 0 Å². The molecule has 4 heteroatoms. The first-order valence-electron chi connectivity index (χ1n) is 3.70. The van der Waals surface area contributed by atoms with Crippen LogP contribution in [0.2, 0.25) is 0 Å². The lowest BCUT2D eigenvalue weighted by molar-refractivity contribution is -0.139. The number of hydrogen-bond donors (Lipinski definition) is 1. The van der Waals surface area contributed by atoms with E-state index in [4.69, 9.17) is 9.84 Å². The van der Waals surface area contributed by atoms with Crippen molar-refractivity contribution >= 4 is 5.97 Å². The first-order chi connectivity index (χ1) is 6.09. The second kappa shape index (κ2) is 3.89. The maximum atomic E-state index is 12.9. The number of carboxylic acids is 1. The number of hydrogen-bond acceptors (Lipinski definition) is 2. The molecule has 0 aliphatic heterocycles. The van der Waals surface area contributed by atoms with Gasteiger partial charge < -0.3 is 9.84 Å². The smallest absolute Gasteiger partial charge is 0.341 e. The second-order valence-electron chi connectivity index (χ2n) is 2.59. The Balaban J connectivity index is 2.68. The number of aryl methyl sites for hydroxylation is 1. The van der Waals surface area contributed by atoms with Crippen LogP contribution in [0.15, 0.2) is 18.2 Å². The molecule has 70 valence electrons. The quantitative estimate of drug-likeness (QED) is 0.776. The molecule has 0 amide bonds. The minimum atomic E-state index is -1.08. The Kier molecular flexibility index (Phi) is 2.84. The lowest BCUT2D eigenvalue weighted by Crippen LogP contribution is -2.09. The summed E-state index contributed by atoms with van der Waals surface area (Å²) >= 11 is 0. The highest BCUT2D eigenvalue weighted by atomic mass is 19.1. The van der Waals surface area contributed by atoms with Crippen molar-refractivity contribution in [1.29, 1.82) is 0 Å². The van der Waals surface area contributed by atoms with Gasteiger partial charge in [-0.05, 0) is 18.6 Å². The molecule has 0 radical (unpaired) electrons.